The van der Waals surface area contributed by atoms with Gasteiger partial charge in [-0.1, -0.05) is 101 Å². The number of allylic oxidation sites excluding steroid dienone is 2. The summed E-state index contributed by atoms with van der Waals surface area (Å²) in [5, 5.41) is 2.58. The smallest absolute Gasteiger partial charge is 0.207 e. The predicted octanol–water partition coefficient (Wildman–Crippen LogP) is 8.28. The van der Waals surface area contributed by atoms with Gasteiger partial charge in [0, 0.05) is 19.3 Å². The highest BCUT2D eigenvalue weighted by atomic mass is 16.1. The zero-order chi connectivity index (χ0) is 26.4. The Hall–Kier alpha value is -2.68. The van der Waals surface area contributed by atoms with Crippen LogP contribution >= 0.6 is 0 Å². The summed E-state index contributed by atoms with van der Waals surface area (Å²) in [6, 6.07) is 16.4. The van der Waals surface area contributed by atoms with Crippen LogP contribution in [0.15, 0.2) is 65.2 Å². The van der Waals surface area contributed by atoms with Crippen LogP contribution in [0.4, 0.5) is 0 Å². The van der Waals surface area contributed by atoms with Crippen molar-refractivity contribution in [2.24, 2.45) is 10.9 Å². The second-order valence-electron chi connectivity index (χ2n) is 8.86. The van der Waals surface area contributed by atoms with E-state index in [1.54, 1.807) is 0 Å². The molecule has 0 fully saturated rings. The first-order valence-electron chi connectivity index (χ1n) is 12.5. The molecule has 190 valence electrons. The van der Waals surface area contributed by atoms with Crippen LogP contribution in [0.2, 0.25) is 0 Å². The number of aliphatic imine (C=N–C) groups is 1. The second-order valence-corrected chi connectivity index (χ2v) is 8.86. The number of amides is 1. The van der Waals surface area contributed by atoms with Gasteiger partial charge in [0.05, 0.1) is 0 Å². The summed E-state index contributed by atoms with van der Waals surface area (Å²) in [5.74, 6) is 0.884. The maximum absolute atomic E-state index is 9.87. The molecule has 2 rings (SSSR count). The molecule has 34 heavy (non-hydrogen) atoms. The third-order valence-electron chi connectivity index (χ3n) is 5.04. The number of nitrogens with one attached hydrogen (secondary N) is 1. The molecule has 0 unspecified atom stereocenters. The van der Waals surface area contributed by atoms with Gasteiger partial charge in [-0.15, -0.1) is 0 Å². The number of benzene rings is 2. The minimum Gasteiger partial charge on any atom is -0.355 e. The van der Waals surface area contributed by atoms with Crippen LogP contribution in [0.1, 0.15) is 83.6 Å². The van der Waals surface area contributed by atoms with Gasteiger partial charge in [0.15, 0.2) is 0 Å². The van der Waals surface area contributed by atoms with E-state index in [1.165, 1.54) is 34.4 Å². The van der Waals surface area contributed by atoms with Crippen molar-refractivity contribution in [2.75, 3.05) is 7.05 Å². The number of hydrogen-bond donors (Lipinski definition) is 1. The monoisotopic (exact) mass is 466 g/mol. The molecular weight excluding hydrogens is 416 g/mol. The summed E-state index contributed by atoms with van der Waals surface area (Å²) in [6.07, 6.45) is 6.29. The summed E-state index contributed by atoms with van der Waals surface area (Å²) >= 11 is 0. The Kier molecular flexibility index (Phi) is 21.8. The topological polar surface area (TPSA) is 41.5 Å². The molecule has 0 heterocycles. The van der Waals surface area contributed by atoms with Gasteiger partial charge in [0.1, 0.15) is 0 Å². The van der Waals surface area contributed by atoms with Crippen LogP contribution < -0.4 is 5.32 Å². The molecule has 3 nitrogen and oxygen atoms in total. The van der Waals surface area contributed by atoms with Crippen LogP contribution in [-0.2, 0) is 17.8 Å². The molecule has 2 aromatic rings. The Labute approximate surface area is 210 Å². The van der Waals surface area contributed by atoms with E-state index >= 15 is 0 Å². The van der Waals surface area contributed by atoms with Gasteiger partial charge in [-0.3, -0.25) is 9.79 Å². The van der Waals surface area contributed by atoms with Crippen molar-refractivity contribution in [1.29, 1.82) is 0 Å². The first kappa shape index (κ1) is 33.5. The SMILES string of the molecule is CCC(C)C.CCC(C=C(C)C)=NC.CCc1cc(C)ccc1C.O=CNCc1ccccc1. The van der Waals surface area contributed by atoms with E-state index in [1.807, 2.05) is 37.4 Å². The predicted molar refractivity (Wildman–Crippen MR) is 153 cm³/mol. The number of hydrogen-bond acceptors (Lipinski definition) is 2. The van der Waals surface area contributed by atoms with Gasteiger partial charge >= 0.3 is 0 Å². The van der Waals surface area contributed by atoms with Gasteiger partial charge in [-0.25, -0.2) is 0 Å². The fourth-order valence-corrected chi connectivity index (χ4v) is 2.59. The Morgan fingerprint density at radius 1 is 1.00 bits per heavy atom. The normalized spacial score (nSPS) is 9.91. The van der Waals surface area contributed by atoms with Crippen LogP contribution in [0.5, 0.6) is 0 Å². The molecule has 0 radical (unpaired) electrons. The average molecular weight is 467 g/mol. The lowest BCUT2D eigenvalue weighted by Crippen LogP contribution is -2.09. The fraction of sp³-hybridized carbons (Fsp3) is 0.484. The largest absolute Gasteiger partial charge is 0.355 e. The van der Waals surface area contributed by atoms with Gasteiger partial charge in [0.2, 0.25) is 6.41 Å². The van der Waals surface area contributed by atoms with Gasteiger partial charge in [0.25, 0.3) is 0 Å². The third-order valence-corrected chi connectivity index (χ3v) is 5.04. The van der Waals surface area contributed by atoms with E-state index in [0.717, 1.165) is 24.3 Å². The third kappa shape index (κ3) is 20.0. The summed E-state index contributed by atoms with van der Waals surface area (Å²) in [5.41, 5.74) is 7.86. The molecule has 0 aromatic heterocycles. The molecule has 0 aliphatic rings. The lowest BCUT2D eigenvalue weighted by molar-refractivity contribution is -0.109. The summed E-state index contributed by atoms with van der Waals surface area (Å²) in [4.78, 5) is 14.0. The molecule has 2 aromatic carbocycles. The number of aryl methyl sites for hydroxylation is 3. The Balaban J connectivity index is 0. The maximum atomic E-state index is 9.87. The molecule has 1 N–H and O–H groups in total. The maximum Gasteiger partial charge on any atom is 0.207 e. The second kappa shape index (κ2) is 22.1. The highest BCUT2D eigenvalue weighted by Crippen LogP contribution is 2.10. The van der Waals surface area contributed by atoms with E-state index < -0.39 is 0 Å². The quantitative estimate of drug-likeness (QED) is 0.324. The lowest BCUT2D eigenvalue weighted by atomic mass is 10.0. The number of nitrogens with zero attached hydrogens (tertiary/aromatic N) is 1. The van der Waals surface area contributed by atoms with E-state index in [0.29, 0.717) is 13.0 Å². The summed E-state index contributed by atoms with van der Waals surface area (Å²) in [6.45, 7) is 20.0. The van der Waals surface area contributed by atoms with Crippen molar-refractivity contribution in [2.45, 2.75) is 88.1 Å². The average Bonchev–Trinajstić information content (AvgIpc) is 2.84. The van der Waals surface area contributed by atoms with Crippen LogP contribution in [0.3, 0.4) is 0 Å². The Morgan fingerprint density at radius 2 is 1.59 bits per heavy atom. The zero-order valence-electron chi connectivity index (χ0n) is 23.5. The minimum absolute atomic E-state index is 0.615. The zero-order valence-corrected chi connectivity index (χ0v) is 23.5. The molecule has 0 aliphatic carbocycles. The van der Waals surface area contributed by atoms with Gasteiger partial charge in [-0.2, -0.15) is 0 Å². The van der Waals surface area contributed by atoms with Crippen molar-refractivity contribution in [3.8, 4) is 0 Å². The van der Waals surface area contributed by atoms with Crippen molar-refractivity contribution in [3.63, 3.8) is 0 Å². The van der Waals surface area contributed by atoms with E-state index in [2.05, 4.69) is 96.9 Å². The Bertz CT molecular complexity index is 817. The Morgan fingerprint density at radius 3 is 1.94 bits per heavy atom. The summed E-state index contributed by atoms with van der Waals surface area (Å²) < 4.78 is 0. The van der Waals surface area contributed by atoms with Gasteiger partial charge in [-0.05, 0) is 69.2 Å². The molecule has 0 atom stereocenters. The van der Waals surface area contributed by atoms with Gasteiger partial charge < -0.3 is 5.32 Å². The number of rotatable bonds is 7. The molecular formula is C31H50N2O. The molecule has 0 aliphatic heterocycles. The molecule has 0 saturated heterocycles. The number of carbonyl (C=O) groups is 1. The van der Waals surface area contributed by atoms with Crippen LogP contribution in [0.25, 0.3) is 0 Å². The highest BCUT2D eigenvalue weighted by Gasteiger charge is 1.93. The first-order chi connectivity index (χ1) is 16.1. The fourth-order valence-electron chi connectivity index (χ4n) is 2.59. The van der Waals surface area contributed by atoms with Crippen LogP contribution in [0, 0.1) is 19.8 Å². The molecule has 1 amide bonds. The van der Waals surface area contributed by atoms with Crippen molar-refractivity contribution in [1.82, 2.24) is 5.32 Å². The number of carbonyl (C=O) groups excluding carboxylic acids is 1. The lowest BCUT2D eigenvalue weighted by Gasteiger charge is -2.02. The summed E-state index contributed by atoms with van der Waals surface area (Å²) in [7, 11) is 1.83. The van der Waals surface area contributed by atoms with Crippen molar-refractivity contribution >= 4 is 12.1 Å². The molecule has 3 heteroatoms. The van der Waals surface area contributed by atoms with E-state index in [-0.39, 0.29) is 0 Å². The first-order valence-corrected chi connectivity index (χ1v) is 12.5. The molecule has 0 saturated carbocycles. The van der Waals surface area contributed by atoms with Crippen molar-refractivity contribution in [3.05, 3.63) is 82.4 Å². The van der Waals surface area contributed by atoms with Crippen LogP contribution in [-0.4, -0.2) is 19.2 Å². The standard InChI is InChI=1S/C10H14.C8H9NO.C8H15N.C5H12/c1-4-10-7-8(2)5-6-9(10)3;10-7-9-6-8-4-2-1-3-5-8;1-5-8(9-4)6-7(2)3;1-4-5(2)3/h5-7H,4H2,1-3H3;1-5,7H,6H2,(H,9,10);6H,5H2,1-4H3;5H,4H2,1-3H3. The highest BCUT2D eigenvalue weighted by molar-refractivity contribution is 5.95. The molecule has 0 spiro atoms. The van der Waals surface area contributed by atoms with E-state index in [4.69, 9.17) is 0 Å². The van der Waals surface area contributed by atoms with Crippen molar-refractivity contribution < 1.29 is 4.79 Å². The van der Waals surface area contributed by atoms with E-state index in [9.17, 15) is 4.79 Å². The minimum atomic E-state index is 0.615. The molecule has 0 bridgehead atoms.